The lowest BCUT2D eigenvalue weighted by Crippen LogP contribution is -2.51. The molecule has 1 nitrogen and oxygen atoms in total. The highest BCUT2D eigenvalue weighted by Crippen LogP contribution is 2.65. The maximum absolute atomic E-state index is 8.71. The Bertz CT molecular complexity index is 767. The van der Waals surface area contributed by atoms with Crippen molar-refractivity contribution in [3.8, 4) is 0 Å². The minimum absolute atomic E-state index is 0.0546. The first-order valence-corrected chi connectivity index (χ1v) is 7.00. The maximum atomic E-state index is 8.71. The van der Waals surface area contributed by atoms with Crippen molar-refractivity contribution in [1.29, 1.82) is 0 Å². The highest BCUT2D eigenvalue weighted by Gasteiger charge is 2.64. The van der Waals surface area contributed by atoms with Gasteiger partial charge in [0.1, 0.15) is 0 Å². The molecule has 1 saturated carbocycles. The lowest BCUT2D eigenvalue weighted by Gasteiger charge is -2.52. The van der Waals surface area contributed by atoms with Gasteiger partial charge in [-0.3, -0.25) is 0 Å². The standard InChI is InChI=1S/C18H30O/c1-5-6-8-14-9-7-11-17(4)12-10-15-13-18(14,17)19-16(15,2)3/h9,15H,5-8,10-13H2,1-4H3/t15-,17+,18+/m1/s1/i1D3,5D2,6D2,7D2,8D2. The molecular weight excluding hydrogens is 232 g/mol. The number of hydrogen-bond acceptors (Lipinski definition) is 1. The normalized spacial score (nSPS) is 57.9. The number of fused-ring (bicyclic) bond motifs is 1. The quantitative estimate of drug-likeness (QED) is 0.638. The van der Waals surface area contributed by atoms with E-state index in [9.17, 15) is 0 Å². The number of ether oxygens (including phenoxy) is 1. The lowest BCUT2D eigenvalue weighted by molar-refractivity contribution is -0.132. The summed E-state index contributed by atoms with van der Waals surface area (Å²) in [5, 5.41) is 0. The average Bonchev–Trinajstić information content (AvgIpc) is 2.75. The van der Waals surface area contributed by atoms with Crippen LogP contribution in [0.4, 0.5) is 0 Å². The molecule has 1 spiro atoms. The fraction of sp³-hybridized carbons (Fsp3) is 0.889. The second kappa shape index (κ2) is 4.35. The van der Waals surface area contributed by atoms with E-state index in [1.165, 1.54) is 0 Å². The zero-order valence-corrected chi connectivity index (χ0v) is 11.9. The Morgan fingerprint density at radius 1 is 1.47 bits per heavy atom. The Morgan fingerprint density at radius 2 is 2.32 bits per heavy atom. The van der Waals surface area contributed by atoms with E-state index < -0.39 is 49.0 Å². The van der Waals surface area contributed by atoms with Crippen LogP contribution in [-0.4, -0.2) is 11.2 Å². The fourth-order valence-electron chi connectivity index (χ4n) is 4.13. The van der Waals surface area contributed by atoms with Crippen molar-refractivity contribution < 1.29 is 19.8 Å². The van der Waals surface area contributed by atoms with Gasteiger partial charge in [-0.2, -0.15) is 0 Å². The van der Waals surface area contributed by atoms with Crippen LogP contribution in [-0.2, 0) is 4.74 Å². The summed E-state index contributed by atoms with van der Waals surface area (Å²) >= 11 is 0. The predicted molar refractivity (Wildman–Crippen MR) is 80.2 cm³/mol. The fourth-order valence-corrected chi connectivity index (χ4v) is 4.13. The van der Waals surface area contributed by atoms with Crippen LogP contribution in [0.3, 0.4) is 0 Å². The van der Waals surface area contributed by atoms with E-state index in [1.54, 1.807) is 0 Å². The minimum Gasteiger partial charge on any atom is -0.364 e. The van der Waals surface area contributed by atoms with Crippen molar-refractivity contribution in [2.75, 3.05) is 0 Å². The van der Waals surface area contributed by atoms with E-state index in [2.05, 4.69) is 0 Å². The summed E-state index contributed by atoms with van der Waals surface area (Å²) in [7, 11) is 0. The Hall–Kier alpha value is -0.300. The summed E-state index contributed by atoms with van der Waals surface area (Å²) in [4.78, 5) is 0. The van der Waals surface area contributed by atoms with E-state index >= 15 is 0 Å². The highest BCUT2D eigenvalue weighted by atomic mass is 16.5. The van der Waals surface area contributed by atoms with Crippen LogP contribution in [0.5, 0.6) is 0 Å². The predicted octanol–water partition coefficient (Wildman–Crippen LogP) is 5.25. The van der Waals surface area contributed by atoms with Crippen LogP contribution >= 0.6 is 0 Å². The first-order chi connectivity index (χ1) is 13.1. The monoisotopic (exact) mass is 273 g/mol. The average molecular weight is 274 g/mol. The largest absolute Gasteiger partial charge is 0.364 e. The van der Waals surface area contributed by atoms with Gasteiger partial charge in [-0.15, -0.1) is 0 Å². The minimum atomic E-state index is -3.51. The zero-order chi connectivity index (χ0) is 23.4. The van der Waals surface area contributed by atoms with Gasteiger partial charge in [0.2, 0.25) is 0 Å². The molecule has 3 atom stereocenters. The third kappa shape index (κ3) is 1.84. The molecule has 2 bridgehead atoms. The topological polar surface area (TPSA) is 9.23 Å². The molecule has 1 heterocycles. The van der Waals surface area contributed by atoms with Gasteiger partial charge in [-0.05, 0) is 70.1 Å². The SMILES string of the molecule is [2H]C1([2H])C=C(C([2H])([2H])C([2H])([2H])C([2H])([2H])C([2H])([2H])[2H])[C@@]23C[C@@H](CC[C@]2(C)C1)C(C)(C)O3. The maximum Gasteiger partial charge on any atom is 0.0955 e. The van der Waals surface area contributed by atoms with E-state index in [0.29, 0.717) is 12.8 Å². The van der Waals surface area contributed by atoms with Crippen molar-refractivity contribution in [2.24, 2.45) is 11.3 Å². The van der Waals surface area contributed by atoms with Gasteiger partial charge in [0.15, 0.2) is 0 Å². The molecule has 1 aliphatic heterocycles. The van der Waals surface area contributed by atoms with E-state index in [1.807, 2.05) is 20.8 Å². The molecule has 0 N–H and O–H groups in total. The van der Waals surface area contributed by atoms with Gasteiger partial charge in [-0.1, -0.05) is 26.2 Å². The van der Waals surface area contributed by atoms with Crippen molar-refractivity contribution >= 4 is 0 Å². The van der Waals surface area contributed by atoms with Gasteiger partial charge in [0, 0.05) is 20.5 Å². The Balaban J connectivity index is 2.25. The molecule has 3 rings (SSSR count). The molecule has 0 radical (unpaired) electrons. The third-order valence-corrected chi connectivity index (χ3v) is 5.41. The molecule has 19 heavy (non-hydrogen) atoms. The molecule has 0 amide bonds. The Kier molecular flexibility index (Phi) is 1.33. The van der Waals surface area contributed by atoms with Gasteiger partial charge in [-0.25, -0.2) is 0 Å². The summed E-state index contributed by atoms with van der Waals surface area (Å²) in [6.45, 7) is 2.17. The molecule has 2 aliphatic carbocycles. The van der Waals surface area contributed by atoms with Crippen molar-refractivity contribution in [2.45, 2.75) is 90.0 Å². The number of rotatable bonds is 3. The van der Waals surface area contributed by atoms with Crippen LogP contribution in [0.15, 0.2) is 11.6 Å². The molecule has 108 valence electrons. The number of hydrogen-bond donors (Lipinski definition) is 0. The van der Waals surface area contributed by atoms with Crippen LogP contribution in [0.1, 0.15) is 93.9 Å². The Labute approximate surface area is 134 Å². The van der Waals surface area contributed by atoms with E-state index in [-0.39, 0.29) is 17.9 Å². The van der Waals surface area contributed by atoms with Crippen molar-refractivity contribution in [3.05, 3.63) is 11.6 Å². The highest BCUT2D eigenvalue weighted by molar-refractivity contribution is 5.31. The lowest BCUT2D eigenvalue weighted by atomic mass is 9.55. The number of allylic oxidation sites excluding steroid dienone is 1. The molecule has 0 unspecified atom stereocenters. The van der Waals surface area contributed by atoms with Crippen molar-refractivity contribution in [3.63, 3.8) is 0 Å². The molecule has 0 aromatic carbocycles. The first kappa shape index (κ1) is 5.83. The summed E-state index contributed by atoms with van der Waals surface area (Å²) in [6.07, 6.45) is -9.28. The van der Waals surface area contributed by atoms with Crippen molar-refractivity contribution in [1.82, 2.24) is 0 Å². The van der Waals surface area contributed by atoms with Crippen LogP contribution < -0.4 is 0 Å². The van der Waals surface area contributed by atoms with Gasteiger partial charge in [0.25, 0.3) is 0 Å². The van der Waals surface area contributed by atoms with Crippen LogP contribution in [0, 0.1) is 11.3 Å². The molecule has 0 aromatic heterocycles. The molecule has 2 fully saturated rings. The zero-order valence-electron chi connectivity index (χ0n) is 22.9. The smallest absolute Gasteiger partial charge is 0.0955 e. The second-order valence-corrected chi connectivity index (χ2v) is 6.85. The van der Waals surface area contributed by atoms with Crippen LogP contribution in [0.2, 0.25) is 0 Å². The first-order valence-electron chi connectivity index (χ1n) is 12.5. The Morgan fingerprint density at radius 3 is 3.11 bits per heavy atom. The molecule has 0 aromatic rings. The van der Waals surface area contributed by atoms with Crippen LogP contribution in [0.25, 0.3) is 0 Å². The van der Waals surface area contributed by atoms with E-state index in [0.717, 1.165) is 12.5 Å². The molecule has 1 heteroatoms. The summed E-state index contributed by atoms with van der Waals surface area (Å²) in [5.41, 5.74) is -3.11. The summed E-state index contributed by atoms with van der Waals surface area (Å²) in [6, 6.07) is 0. The second-order valence-electron chi connectivity index (χ2n) is 6.85. The summed E-state index contributed by atoms with van der Waals surface area (Å²) < 4.78 is 95.7. The summed E-state index contributed by atoms with van der Waals surface area (Å²) in [5.74, 6) is 0.0546. The van der Waals surface area contributed by atoms with E-state index in [4.69, 9.17) is 19.8 Å². The van der Waals surface area contributed by atoms with Gasteiger partial charge >= 0.3 is 0 Å². The van der Waals surface area contributed by atoms with Gasteiger partial charge in [0.05, 0.1) is 11.2 Å². The molecule has 3 aliphatic rings. The third-order valence-electron chi connectivity index (χ3n) is 5.41. The molecule has 1 saturated heterocycles. The molecular formula is C18H30O. The van der Waals surface area contributed by atoms with Gasteiger partial charge < -0.3 is 4.74 Å².